The SMILES string of the molecule is Cc1ccnc2nc(C(=O)OC3CC(C)OC3=O)nn12. The van der Waals surface area contributed by atoms with Crippen molar-refractivity contribution in [3.63, 3.8) is 0 Å². The first-order valence-corrected chi connectivity index (χ1v) is 6.14. The van der Waals surface area contributed by atoms with Crippen LogP contribution in [0.2, 0.25) is 0 Å². The average Bonchev–Trinajstić information content (AvgIpc) is 2.94. The van der Waals surface area contributed by atoms with Gasteiger partial charge in [-0.1, -0.05) is 0 Å². The summed E-state index contributed by atoms with van der Waals surface area (Å²) in [5.41, 5.74) is 0.787. The highest BCUT2D eigenvalue weighted by Crippen LogP contribution is 2.18. The Balaban J connectivity index is 1.82. The fourth-order valence-corrected chi connectivity index (χ4v) is 1.99. The summed E-state index contributed by atoms with van der Waals surface area (Å²) < 4.78 is 11.4. The summed E-state index contributed by atoms with van der Waals surface area (Å²) in [6.07, 6.45) is 0.774. The molecule has 0 aliphatic carbocycles. The maximum Gasteiger partial charge on any atom is 0.379 e. The molecule has 0 radical (unpaired) electrons. The molecule has 8 nitrogen and oxygen atoms in total. The molecule has 1 saturated heterocycles. The predicted molar refractivity (Wildman–Crippen MR) is 64.9 cm³/mol. The minimum Gasteiger partial charge on any atom is -0.460 e. The molecule has 0 spiro atoms. The van der Waals surface area contributed by atoms with Crippen molar-refractivity contribution in [2.24, 2.45) is 0 Å². The van der Waals surface area contributed by atoms with E-state index in [0.717, 1.165) is 5.69 Å². The molecule has 0 saturated carbocycles. The van der Waals surface area contributed by atoms with Crippen LogP contribution in [-0.2, 0) is 14.3 Å². The summed E-state index contributed by atoms with van der Waals surface area (Å²) in [6, 6.07) is 1.74. The fourth-order valence-electron chi connectivity index (χ4n) is 1.99. The van der Waals surface area contributed by atoms with E-state index < -0.39 is 18.0 Å². The zero-order valence-corrected chi connectivity index (χ0v) is 10.9. The van der Waals surface area contributed by atoms with E-state index in [1.165, 1.54) is 4.52 Å². The van der Waals surface area contributed by atoms with Gasteiger partial charge in [0.15, 0.2) is 0 Å². The first-order valence-electron chi connectivity index (χ1n) is 6.14. The van der Waals surface area contributed by atoms with Gasteiger partial charge < -0.3 is 9.47 Å². The molecule has 0 amide bonds. The quantitative estimate of drug-likeness (QED) is 0.727. The lowest BCUT2D eigenvalue weighted by molar-refractivity contribution is -0.147. The summed E-state index contributed by atoms with van der Waals surface area (Å²) in [5.74, 6) is -1.12. The van der Waals surface area contributed by atoms with Crippen molar-refractivity contribution in [2.45, 2.75) is 32.5 Å². The normalized spacial score (nSPS) is 22.0. The molecule has 1 fully saturated rings. The van der Waals surface area contributed by atoms with Gasteiger partial charge in [0.2, 0.25) is 6.10 Å². The Hall–Kier alpha value is -2.51. The minimum absolute atomic E-state index is 0.126. The molecule has 0 N–H and O–H groups in total. The predicted octanol–water partition coefficient (Wildman–Crippen LogP) is 0.294. The van der Waals surface area contributed by atoms with Crippen LogP contribution < -0.4 is 0 Å². The van der Waals surface area contributed by atoms with Gasteiger partial charge >= 0.3 is 11.9 Å². The Morgan fingerprint density at radius 1 is 1.55 bits per heavy atom. The third kappa shape index (κ3) is 2.09. The lowest BCUT2D eigenvalue weighted by Gasteiger charge is -2.05. The third-order valence-corrected chi connectivity index (χ3v) is 2.99. The van der Waals surface area contributed by atoms with Crippen molar-refractivity contribution >= 4 is 17.7 Å². The van der Waals surface area contributed by atoms with Gasteiger partial charge in [-0.2, -0.15) is 4.98 Å². The van der Waals surface area contributed by atoms with Gasteiger partial charge in [0.25, 0.3) is 11.6 Å². The Bertz CT molecular complexity index is 696. The zero-order chi connectivity index (χ0) is 14.3. The number of aryl methyl sites for hydroxylation is 1. The monoisotopic (exact) mass is 276 g/mol. The Kier molecular flexibility index (Phi) is 2.85. The average molecular weight is 276 g/mol. The van der Waals surface area contributed by atoms with Crippen molar-refractivity contribution in [1.29, 1.82) is 0 Å². The molecule has 2 atom stereocenters. The van der Waals surface area contributed by atoms with Crippen LogP contribution in [0.15, 0.2) is 12.3 Å². The van der Waals surface area contributed by atoms with Crippen molar-refractivity contribution in [3.05, 3.63) is 23.8 Å². The highest BCUT2D eigenvalue weighted by atomic mass is 16.6. The molecule has 8 heteroatoms. The zero-order valence-electron chi connectivity index (χ0n) is 10.9. The highest BCUT2D eigenvalue weighted by Gasteiger charge is 2.36. The van der Waals surface area contributed by atoms with Gasteiger partial charge in [-0.25, -0.2) is 19.1 Å². The maximum atomic E-state index is 11.9. The topological polar surface area (TPSA) is 95.7 Å². The van der Waals surface area contributed by atoms with Crippen LogP contribution in [0.5, 0.6) is 0 Å². The van der Waals surface area contributed by atoms with Crippen molar-refractivity contribution in [1.82, 2.24) is 19.6 Å². The lowest BCUT2D eigenvalue weighted by Crippen LogP contribution is -2.23. The van der Waals surface area contributed by atoms with E-state index in [2.05, 4.69) is 15.1 Å². The molecule has 104 valence electrons. The van der Waals surface area contributed by atoms with E-state index in [0.29, 0.717) is 12.2 Å². The molecule has 3 heterocycles. The second kappa shape index (κ2) is 4.55. The number of ether oxygens (including phenoxy) is 2. The van der Waals surface area contributed by atoms with Gasteiger partial charge in [-0.15, -0.1) is 5.10 Å². The highest BCUT2D eigenvalue weighted by molar-refractivity contribution is 5.88. The summed E-state index contributed by atoms with van der Waals surface area (Å²) in [5, 5.41) is 4.01. The van der Waals surface area contributed by atoms with Crippen LogP contribution in [0.1, 0.15) is 29.7 Å². The summed E-state index contributed by atoms with van der Waals surface area (Å²) in [4.78, 5) is 31.3. The number of hydrogen-bond donors (Lipinski definition) is 0. The van der Waals surface area contributed by atoms with Gasteiger partial charge in [-0.3, -0.25) is 0 Å². The second-order valence-electron chi connectivity index (χ2n) is 4.61. The molecular formula is C12H12N4O4. The van der Waals surface area contributed by atoms with Gasteiger partial charge in [0.05, 0.1) is 0 Å². The van der Waals surface area contributed by atoms with Gasteiger partial charge in [-0.05, 0) is 19.9 Å². The number of carbonyl (C=O) groups is 2. The largest absolute Gasteiger partial charge is 0.460 e. The number of rotatable bonds is 2. The number of carbonyl (C=O) groups excluding carboxylic acids is 2. The minimum atomic E-state index is -0.891. The molecule has 0 aromatic carbocycles. The third-order valence-electron chi connectivity index (χ3n) is 2.99. The fraction of sp³-hybridized carbons (Fsp3) is 0.417. The molecule has 20 heavy (non-hydrogen) atoms. The van der Waals surface area contributed by atoms with E-state index in [1.54, 1.807) is 19.2 Å². The van der Waals surface area contributed by atoms with E-state index in [1.807, 2.05) is 6.92 Å². The van der Waals surface area contributed by atoms with Crippen molar-refractivity contribution < 1.29 is 19.1 Å². The molecule has 0 bridgehead atoms. The number of hydrogen-bond acceptors (Lipinski definition) is 7. The van der Waals surface area contributed by atoms with Crippen LogP contribution in [0.3, 0.4) is 0 Å². The molecule has 2 unspecified atom stereocenters. The van der Waals surface area contributed by atoms with Crippen LogP contribution >= 0.6 is 0 Å². The van der Waals surface area contributed by atoms with Crippen LogP contribution in [0.4, 0.5) is 0 Å². The first kappa shape index (κ1) is 12.5. The smallest absolute Gasteiger partial charge is 0.379 e. The summed E-state index contributed by atoms with van der Waals surface area (Å²) in [6.45, 7) is 3.55. The number of esters is 2. The van der Waals surface area contributed by atoms with Crippen molar-refractivity contribution in [3.8, 4) is 0 Å². The summed E-state index contributed by atoms with van der Waals surface area (Å²) in [7, 11) is 0. The second-order valence-corrected chi connectivity index (χ2v) is 4.61. The summed E-state index contributed by atoms with van der Waals surface area (Å²) >= 11 is 0. The van der Waals surface area contributed by atoms with Crippen LogP contribution in [-0.4, -0.2) is 43.7 Å². The molecule has 1 aliphatic heterocycles. The van der Waals surface area contributed by atoms with E-state index in [4.69, 9.17) is 9.47 Å². The number of aromatic nitrogens is 4. The molecule has 3 rings (SSSR count). The number of cyclic esters (lactones) is 1. The van der Waals surface area contributed by atoms with E-state index in [9.17, 15) is 9.59 Å². The van der Waals surface area contributed by atoms with Crippen LogP contribution in [0, 0.1) is 6.92 Å². The first-order chi connectivity index (χ1) is 9.54. The van der Waals surface area contributed by atoms with Crippen molar-refractivity contribution in [2.75, 3.05) is 0 Å². The lowest BCUT2D eigenvalue weighted by atomic mass is 10.2. The molecular weight excluding hydrogens is 264 g/mol. The number of nitrogens with zero attached hydrogens (tertiary/aromatic N) is 4. The Labute approximate surface area is 113 Å². The standard InChI is InChI=1S/C12H12N4O4/c1-6-3-4-13-12-14-9(15-16(6)12)11(18)20-8-5-7(2)19-10(8)17/h3-4,7-8H,5H2,1-2H3. The van der Waals surface area contributed by atoms with E-state index in [-0.39, 0.29) is 11.9 Å². The molecule has 2 aromatic heterocycles. The maximum absolute atomic E-state index is 11.9. The Morgan fingerprint density at radius 3 is 3.00 bits per heavy atom. The van der Waals surface area contributed by atoms with Crippen LogP contribution in [0.25, 0.3) is 5.78 Å². The Morgan fingerprint density at radius 2 is 2.35 bits per heavy atom. The van der Waals surface area contributed by atoms with Gasteiger partial charge in [0, 0.05) is 18.3 Å². The van der Waals surface area contributed by atoms with E-state index >= 15 is 0 Å². The number of fused-ring (bicyclic) bond motifs is 1. The molecule has 2 aromatic rings. The van der Waals surface area contributed by atoms with Gasteiger partial charge in [0.1, 0.15) is 6.10 Å². The molecule has 1 aliphatic rings.